The number of halogens is 4. The van der Waals surface area contributed by atoms with E-state index in [0.29, 0.717) is 21.3 Å². The Kier molecular flexibility index (Phi) is 6.79. The molecular formula is C26H18ClF3N6O3. The number of alkyl halides is 3. The predicted molar refractivity (Wildman–Crippen MR) is 136 cm³/mol. The summed E-state index contributed by atoms with van der Waals surface area (Å²) in [5, 5.41) is 11.0. The summed E-state index contributed by atoms with van der Waals surface area (Å²) in [5.41, 5.74) is -0.576. The summed E-state index contributed by atoms with van der Waals surface area (Å²) in [6, 6.07) is 12.2. The molecule has 0 spiro atoms. The maximum absolute atomic E-state index is 14.2. The van der Waals surface area contributed by atoms with Crippen molar-refractivity contribution in [2.45, 2.75) is 13.1 Å². The van der Waals surface area contributed by atoms with Crippen LogP contribution in [0, 0.1) is 0 Å². The Bertz CT molecular complexity index is 1710. The quantitative estimate of drug-likeness (QED) is 0.270. The van der Waals surface area contributed by atoms with Gasteiger partial charge in [0.1, 0.15) is 0 Å². The van der Waals surface area contributed by atoms with Crippen LogP contribution in [0.2, 0.25) is 5.02 Å². The summed E-state index contributed by atoms with van der Waals surface area (Å²) in [6.45, 7) is 1.88. The van der Waals surface area contributed by atoms with Crippen molar-refractivity contribution in [1.82, 2.24) is 24.5 Å². The third-order valence-corrected chi connectivity index (χ3v) is 5.98. The molecule has 1 amide bonds. The molecule has 13 heteroatoms. The van der Waals surface area contributed by atoms with Gasteiger partial charge in [-0.2, -0.15) is 23.4 Å². The molecule has 3 heterocycles. The first-order valence-electron chi connectivity index (χ1n) is 11.5. The third kappa shape index (κ3) is 5.06. The van der Waals surface area contributed by atoms with Gasteiger partial charge in [0.2, 0.25) is 0 Å². The van der Waals surface area contributed by atoms with Gasteiger partial charge in [0.25, 0.3) is 5.91 Å². The zero-order chi connectivity index (χ0) is 27.7. The van der Waals surface area contributed by atoms with Crippen molar-refractivity contribution in [3.8, 4) is 11.4 Å². The number of ether oxygens (including phenoxy) is 1. The number of amides is 1. The van der Waals surface area contributed by atoms with Crippen molar-refractivity contribution in [3.63, 3.8) is 0 Å². The van der Waals surface area contributed by atoms with E-state index in [0.717, 1.165) is 6.20 Å². The second-order valence-corrected chi connectivity index (χ2v) is 8.59. The van der Waals surface area contributed by atoms with Gasteiger partial charge in [-0.15, -0.1) is 0 Å². The minimum atomic E-state index is -4.90. The highest BCUT2D eigenvalue weighted by Gasteiger charge is 2.41. The number of carbonyl (C=O) groups is 2. The van der Waals surface area contributed by atoms with Gasteiger partial charge in [-0.25, -0.2) is 14.2 Å². The summed E-state index contributed by atoms with van der Waals surface area (Å²) >= 11 is 6.36. The molecule has 0 atom stereocenters. The molecule has 0 bridgehead atoms. The van der Waals surface area contributed by atoms with Gasteiger partial charge in [0.05, 0.1) is 52.0 Å². The fourth-order valence-electron chi connectivity index (χ4n) is 3.99. The van der Waals surface area contributed by atoms with E-state index in [9.17, 15) is 22.8 Å². The zero-order valence-corrected chi connectivity index (χ0v) is 20.9. The number of hydrogen-bond donors (Lipinski definition) is 1. The monoisotopic (exact) mass is 554 g/mol. The first kappa shape index (κ1) is 25.9. The molecule has 0 aliphatic rings. The average Bonchev–Trinajstić information content (AvgIpc) is 3.57. The Labute approximate surface area is 223 Å². The number of pyridine rings is 1. The number of hydrogen-bond acceptors (Lipinski definition) is 6. The van der Waals surface area contributed by atoms with Gasteiger partial charge >= 0.3 is 12.1 Å². The molecule has 1 N–H and O–H groups in total. The van der Waals surface area contributed by atoms with E-state index in [4.69, 9.17) is 16.3 Å². The van der Waals surface area contributed by atoms with Crippen LogP contribution in [0.15, 0.2) is 73.3 Å². The Balaban J connectivity index is 1.45. The second-order valence-electron chi connectivity index (χ2n) is 8.18. The summed E-state index contributed by atoms with van der Waals surface area (Å²) in [4.78, 5) is 29.1. The SMILES string of the molecule is CCOC(=O)c1cnn(-c2ccc(NC(=O)c3cnn(-c4cccc5ncccc45)c3C(F)(F)F)cc2Cl)c1. The van der Waals surface area contributed by atoms with Crippen molar-refractivity contribution in [2.24, 2.45) is 0 Å². The fraction of sp³-hybridized carbons (Fsp3) is 0.115. The summed E-state index contributed by atoms with van der Waals surface area (Å²) < 4.78 is 49.6. The predicted octanol–water partition coefficient (Wildman–Crippen LogP) is 5.71. The number of esters is 1. The van der Waals surface area contributed by atoms with Gasteiger partial charge in [-0.3, -0.25) is 9.78 Å². The third-order valence-electron chi connectivity index (χ3n) is 5.68. The number of rotatable bonds is 6. The molecule has 0 unspecified atom stereocenters. The molecule has 39 heavy (non-hydrogen) atoms. The van der Waals surface area contributed by atoms with Crippen molar-refractivity contribution < 1.29 is 27.5 Å². The normalized spacial score (nSPS) is 11.5. The van der Waals surface area contributed by atoms with Crippen LogP contribution in [0.25, 0.3) is 22.3 Å². The van der Waals surface area contributed by atoms with E-state index in [1.807, 2.05) is 0 Å². The summed E-state index contributed by atoms with van der Waals surface area (Å²) in [6.07, 6.45) is 0.229. The van der Waals surface area contributed by atoms with Gasteiger partial charge in [0, 0.05) is 23.5 Å². The smallest absolute Gasteiger partial charge is 0.434 e. The lowest BCUT2D eigenvalue weighted by molar-refractivity contribution is -0.143. The summed E-state index contributed by atoms with van der Waals surface area (Å²) in [7, 11) is 0. The van der Waals surface area contributed by atoms with Crippen LogP contribution in [0.3, 0.4) is 0 Å². The van der Waals surface area contributed by atoms with E-state index in [2.05, 4.69) is 20.5 Å². The van der Waals surface area contributed by atoms with E-state index < -0.39 is 29.3 Å². The van der Waals surface area contributed by atoms with E-state index >= 15 is 0 Å². The Morgan fingerprint density at radius 1 is 1.05 bits per heavy atom. The van der Waals surface area contributed by atoms with Crippen LogP contribution in [-0.2, 0) is 10.9 Å². The van der Waals surface area contributed by atoms with Crippen LogP contribution in [-0.4, -0.2) is 43.0 Å². The molecule has 0 fully saturated rings. The number of nitrogens with one attached hydrogen (secondary N) is 1. The number of anilines is 1. The van der Waals surface area contributed by atoms with Gasteiger partial charge in [-0.1, -0.05) is 17.7 Å². The first-order chi connectivity index (χ1) is 18.7. The van der Waals surface area contributed by atoms with Crippen molar-refractivity contribution >= 4 is 40.1 Å². The van der Waals surface area contributed by atoms with Gasteiger partial charge in [0.15, 0.2) is 5.69 Å². The fourth-order valence-corrected chi connectivity index (χ4v) is 4.25. The lowest BCUT2D eigenvalue weighted by Crippen LogP contribution is -2.21. The number of fused-ring (bicyclic) bond motifs is 1. The second kappa shape index (κ2) is 10.2. The molecule has 5 rings (SSSR count). The molecule has 198 valence electrons. The number of carbonyl (C=O) groups excluding carboxylic acids is 2. The average molecular weight is 555 g/mol. The van der Waals surface area contributed by atoms with Gasteiger partial charge in [-0.05, 0) is 49.4 Å². The number of benzene rings is 2. The van der Waals surface area contributed by atoms with Crippen molar-refractivity contribution in [1.29, 1.82) is 0 Å². The van der Waals surface area contributed by atoms with E-state index in [1.165, 1.54) is 47.5 Å². The van der Waals surface area contributed by atoms with E-state index in [-0.39, 0.29) is 28.6 Å². The Hall–Kier alpha value is -4.71. The lowest BCUT2D eigenvalue weighted by Gasteiger charge is -2.14. The van der Waals surface area contributed by atoms with E-state index in [1.54, 1.807) is 31.2 Å². The van der Waals surface area contributed by atoms with Crippen LogP contribution >= 0.6 is 11.6 Å². The standard InChI is InChI=1S/C26H18ClF3N6O3/c1-2-39-25(38)15-12-32-35(14-15)22-9-8-16(11-19(22)27)34-24(37)18-13-33-36(23(18)26(28,29)30)21-7-3-6-20-17(21)5-4-10-31-20/h3-14H,2H2,1H3,(H,34,37). The maximum atomic E-state index is 14.2. The van der Waals surface area contributed by atoms with Crippen molar-refractivity contribution in [3.05, 3.63) is 95.2 Å². The van der Waals surface area contributed by atoms with Crippen LogP contribution in [0.1, 0.15) is 33.3 Å². The van der Waals surface area contributed by atoms with Crippen LogP contribution in [0.5, 0.6) is 0 Å². The molecule has 2 aromatic carbocycles. The molecular weight excluding hydrogens is 537 g/mol. The van der Waals surface area contributed by atoms with Crippen LogP contribution < -0.4 is 5.32 Å². The minimum Gasteiger partial charge on any atom is -0.462 e. The zero-order valence-electron chi connectivity index (χ0n) is 20.1. The molecule has 3 aromatic heterocycles. The Morgan fingerprint density at radius 2 is 1.87 bits per heavy atom. The van der Waals surface area contributed by atoms with Gasteiger partial charge < -0.3 is 10.1 Å². The number of nitrogens with zero attached hydrogens (tertiary/aromatic N) is 5. The molecule has 0 aliphatic carbocycles. The highest BCUT2D eigenvalue weighted by atomic mass is 35.5. The number of aromatic nitrogens is 5. The van der Waals surface area contributed by atoms with Crippen LogP contribution in [0.4, 0.5) is 18.9 Å². The highest BCUT2D eigenvalue weighted by Crippen LogP contribution is 2.35. The molecule has 9 nitrogen and oxygen atoms in total. The minimum absolute atomic E-state index is 0.126. The molecule has 0 aliphatic heterocycles. The highest BCUT2D eigenvalue weighted by molar-refractivity contribution is 6.32. The molecule has 0 saturated heterocycles. The lowest BCUT2D eigenvalue weighted by atomic mass is 10.1. The first-order valence-corrected chi connectivity index (χ1v) is 11.9. The molecule has 5 aromatic rings. The molecule has 0 radical (unpaired) electrons. The maximum Gasteiger partial charge on any atom is 0.434 e. The Morgan fingerprint density at radius 3 is 2.62 bits per heavy atom. The largest absolute Gasteiger partial charge is 0.462 e. The topological polar surface area (TPSA) is 104 Å². The summed E-state index contributed by atoms with van der Waals surface area (Å²) in [5.74, 6) is -1.58. The molecule has 0 saturated carbocycles. The van der Waals surface area contributed by atoms with Crippen molar-refractivity contribution in [2.75, 3.05) is 11.9 Å².